The smallest absolute Gasteiger partial charge is 0.258 e. The van der Waals surface area contributed by atoms with E-state index in [9.17, 15) is 8.42 Å². The van der Waals surface area contributed by atoms with Gasteiger partial charge in [0, 0.05) is 24.2 Å². The summed E-state index contributed by atoms with van der Waals surface area (Å²) in [6, 6.07) is 16.0. The molecule has 0 atom stereocenters. The molecule has 2 aromatic carbocycles. The molecule has 0 aliphatic carbocycles. The number of aromatic nitrogens is 2. The lowest BCUT2D eigenvalue weighted by Crippen LogP contribution is -2.40. The topological polar surface area (TPSA) is 85.5 Å². The largest absolute Gasteiger partial charge is 0.379 e. The second-order valence-corrected chi connectivity index (χ2v) is 7.77. The molecule has 2 heterocycles. The van der Waals surface area contributed by atoms with E-state index in [1.165, 1.54) is 4.31 Å². The van der Waals surface area contributed by atoms with Crippen LogP contribution in [0.5, 0.6) is 0 Å². The molecule has 0 amide bonds. The van der Waals surface area contributed by atoms with Gasteiger partial charge in [0.25, 0.3) is 5.89 Å². The molecule has 1 fully saturated rings. The molecule has 26 heavy (non-hydrogen) atoms. The van der Waals surface area contributed by atoms with Gasteiger partial charge in [-0.1, -0.05) is 23.4 Å². The SMILES string of the molecule is O=S(=O)(c1ccc(-c2noc(-c3ccccc3)n2)cc1)N1CCOCC1. The van der Waals surface area contributed by atoms with E-state index < -0.39 is 10.0 Å². The molecule has 8 heteroatoms. The van der Waals surface area contributed by atoms with Crippen molar-refractivity contribution in [1.82, 2.24) is 14.4 Å². The van der Waals surface area contributed by atoms with E-state index in [0.29, 0.717) is 43.6 Å². The normalized spacial score (nSPS) is 15.8. The van der Waals surface area contributed by atoms with E-state index in [0.717, 1.165) is 5.56 Å². The predicted octanol–water partition coefficient (Wildman–Crippen LogP) is 2.42. The minimum Gasteiger partial charge on any atom is -0.379 e. The minimum atomic E-state index is -3.51. The van der Waals surface area contributed by atoms with Gasteiger partial charge in [0.05, 0.1) is 18.1 Å². The summed E-state index contributed by atoms with van der Waals surface area (Å²) in [5.74, 6) is 0.838. The van der Waals surface area contributed by atoms with E-state index in [-0.39, 0.29) is 4.90 Å². The Hall–Kier alpha value is -2.55. The number of rotatable bonds is 4. The van der Waals surface area contributed by atoms with Crippen LogP contribution in [0.25, 0.3) is 22.8 Å². The third-order valence-electron chi connectivity index (χ3n) is 4.17. The second kappa shape index (κ2) is 6.99. The van der Waals surface area contributed by atoms with Crippen LogP contribution in [0.15, 0.2) is 64.0 Å². The molecule has 1 aromatic heterocycles. The summed E-state index contributed by atoms with van der Waals surface area (Å²) in [5.41, 5.74) is 1.52. The highest BCUT2D eigenvalue weighted by Gasteiger charge is 2.26. The van der Waals surface area contributed by atoms with Gasteiger partial charge in [0.15, 0.2) is 0 Å². The fourth-order valence-corrected chi connectivity index (χ4v) is 4.16. The highest BCUT2D eigenvalue weighted by molar-refractivity contribution is 7.89. The highest BCUT2D eigenvalue weighted by atomic mass is 32.2. The third kappa shape index (κ3) is 3.26. The first-order valence-corrected chi connectivity index (χ1v) is 9.66. The monoisotopic (exact) mass is 371 g/mol. The van der Waals surface area contributed by atoms with Gasteiger partial charge in [-0.05, 0) is 36.4 Å². The fourth-order valence-electron chi connectivity index (χ4n) is 2.75. The van der Waals surface area contributed by atoms with E-state index in [4.69, 9.17) is 9.26 Å². The van der Waals surface area contributed by atoms with Crippen molar-refractivity contribution in [2.75, 3.05) is 26.3 Å². The first-order valence-electron chi connectivity index (χ1n) is 8.22. The number of sulfonamides is 1. The zero-order valence-corrected chi connectivity index (χ0v) is 14.7. The molecule has 134 valence electrons. The van der Waals surface area contributed by atoms with Crippen molar-refractivity contribution in [2.24, 2.45) is 0 Å². The summed E-state index contributed by atoms with van der Waals surface area (Å²) in [4.78, 5) is 4.62. The summed E-state index contributed by atoms with van der Waals surface area (Å²) in [6.45, 7) is 1.58. The molecule has 0 radical (unpaired) electrons. The molecule has 0 spiro atoms. The Morgan fingerprint density at radius 3 is 2.27 bits per heavy atom. The molecule has 0 unspecified atom stereocenters. The molecule has 1 aliphatic heterocycles. The number of hydrogen-bond donors (Lipinski definition) is 0. The van der Waals surface area contributed by atoms with Crippen LogP contribution in [0.4, 0.5) is 0 Å². The molecule has 0 N–H and O–H groups in total. The van der Waals surface area contributed by atoms with Crippen LogP contribution in [-0.4, -0.2) is 49.2 Å². The first kappa shape index (κ1) is 16.9. The quantitative estimate of drug-likeness (QED) is 0.700. The van der Waals surface area contributed by atoms with Crippen LogP contribution < -0.4 is 0 Å². The van der Waals surface area contributed by atoms with Crippen molar-refractivity contribution in [3.8, 4) is 22.8 Å². The summed E-state index contributed by atoms with van der Waals surface area (Å²) < 4.78 is 37.2. The summed E-state index contributed by atoms with van der Waals surface area (Å²) in [6.07, 6.45) is 0. The van der Waals surface area contributed by atoms with Gasteiger partial charge in [0.1, 0.15) is 0 Å². The molecular formula is C18H17N3O4S. The van der Waals surface area contributed by atoms with Crippen LogP contribution in [0.1, 0.15) is 0 Å². The Labute approximate surface area is 151 Å². The number of ether oxygens (including phenoxy) is 1. The van der Waals surface area contributed by atoms with E-state index in [1.54, 1.807) is 24.3 Å². The maximum absolute atomic E-state index is 12.6. The van der Waals surface area contributed by atoms with Crippen molar-refractivity contribution in [1.29, 1.82) is 0 Å². The predicted molar refractivity (Wildman–Crippen MR) is 94.7 cm³/mol. The van der Waals surface area contributed by atoms with Gasteiger partial charge in [-0.15, -0.1) is 0 Å². The number of nitrogens with zero attached hydrogens (tertiary/aromatic N) is 3. The van der Waals surface area contributed by atoms with Crippen molar-refractivity contribution in [3.63, 3.8) is 0 Å². The Morgan fingerprint density at radius 2 is 1.58 bits per heavy atom. The van der Waals surface area contributed by atoms with Gasteiger partial charge < -0.3 is 9.26 Å². The van der Waals surface area contributed by atoms with Gasteiger partial charge >= 0.3 is 0 Å². The molecule has 1 saturated heterocycles. The van der Waals surface area contributed by atoms with Crippen molar-refractivity contribution < 1.29 is 17.7 Å². The number of benzene rings is 2. The Kier molecular flexibility index (Phi) is 4.54. The first-order chi connectivity index (χ1) is 12.6. The molecule has 0 saturated carbocycles. The molecule has 3 aromatic rings. The molecule has 1 aliphatic rings. The van der Waals surface area contributed by atoms with Gasteiger partial charge in [0.2, 0.25) is 15.8 Å². The third-order valence-corrected chi connectivity index (χ3v) is 6.08. The maximum Gasteiger partial charge on any atom is 0.258 e. The number of hydrogen-bond acceptors (Lipinski definition) is 6. The standard InChI is InChI=1S/C18H17N3O4S/c22-26(23,21-10-12-24-13-11-21)16-8-6-14(7-9-16)17-19-18(25-20-17)15-4-2-1-3-5-15/h1-9H,10-13H2. The van der Waals surface area contributed by atoms with Crippen LogP contribution in [0.3, 0.4) is 0 Å². The minimum absolute atomic E-state index is 0.245. The van der Waals surface area contributed by atoms with Crippen LogP contribution in [0.2, 0.25) is 0 Å². The highest BCUT2D eigenvalue weighted by Crippen LogP contribution is 2.24. The summed E-state index contributed by atoms with van der Waals surface area (Å²) in [7, 11) is -3.51. The van der Waals surface area contributed by atoms with Crippen LogP contribution >= 0.6 is 0 Å². The fraction of sp³-hybridized carbons (Fsp3) is 0.222. The van der Waals surface area contributed by atoms with Crippen molar-refractivity contribution in [3.05, 3.63) is 54.6 Å². The Balaban J connectivity index is 1.57. The average Bonchev–Trinajstić information content (AvgIpc) is 3.20. The number of morpholine rings is 1. The molecule has 4 rings (SSSR count). The van der Waals surface area contributed by atoms with Gasteiger partial charge in [-0.25, -0.2) is 8.42 Å². The Morgan fingerprint density at radius 1 is 0.885 bits per heavy atom. The van der Waals surface area contributed by atoms with Crippen molar-refractivity contribution >= 4 is 10.0 Å². The van der Waals surface area contributed by atoms with E-state index >= 15 is 0 Å². The molecule has 7 nitrogen and oxygen atoms in total. The van der Waals surface area contributed by atoms with Crippen LogP contribution in [-0.2, 0) is 14.8 Å². The lowest BCUT2D eigenvalue weighted by Gasteiger charge is -2.26. The molecular weight excluding hydrogens is 354 g/mol. The van der Waals surface area contributed by atoms with Crippen LogP contribution in [0, 0.1) is 0 Å². The van der Waals surface area contributed by atoms with Gasteiger partial charge in [-0.3, -0.25) is 0 Å². The van der Waals surface area contributed by atoms with E-state index in [1.807, 2.05) is 30.3 Å². The zero-order valence-electron chi connectivity index (χ0n) is 13.9. The lowest BCUT2D eigenvalue weighted by atomic mass is 10.2. The van der Waals surface area contributed by atoms with E-state index in [2.05, 4.69) is 10.1 Å². The van der Waals surface area contributed by atoms with Gasteiger partial charge in [-0.2, -0.15) is 9.29 Å². The maximum atomic E-state index is 12.6. The molecule has 0 bridgehead atoms. The second-order valence-electron chi connectivity index (χ2n) is 5.83. The van der Waals surface area contributed by atoms with Crippen molar-refractivity contribution in [2.45, 2.75) is 4.90 Å². The zero-order chi connectivity index (χ0) is 18.0. The lowest BCUT2D eigenvalue weighted by molar-refractivity contribution is 0.0730. The Bertz CT molecular complexity index is 979. The average molecular weight is 371 g/mol. The summed E-state index contributed by atoms with van der Waals surface area (Å²) in [5, 5.41) is 3.98. The summed E-state index contributed by atoms with van der Waals surface area (Å²) >= 11 is 0.